The van der Waals surface area contributed by atoms with Crippen molar-refractivity contribution in [2.24, 2.45) is 22.0 Å². The zero-order valence-corrected chi connectivity index (χ0v) is 14.7. The van der Waals surface area contributed by atoms with Crippen LogP contribution in [-0.4, -0.2) is 34.4 Å². The van der Waals surface area contributed by atoms with Crippen LogP contribution in [0.15, 0.2) is 34.6 Å². The van der Waals surface area contributed by atoms with E-state index in [4.69, 9.17) is 12.6 Å². The molecule has 2 bridgehead atoms. The molecule has 2 aliphatic heterocycles. The monoisotopic (exact) mass is 380 g/mol. The van der Waals surface area contributed by atoms with Crippen molar-refractivity contribution in [2.75, 3.05) is 13.1 Å². The number of rotatable bonds is 2. The first-order chi connectivity index (χ1) is 10.8. The van der Waals surface area contributed by atoms with Gasteiger partial charge in [-0.15, -0.1) is 0 Å². The Balaban J connectivity index is 0.000000847. The molecule has 3 heterocycles. The summed E-state index contributed by atoms with van der Waals surface area (Å²) in [6, 6.07) is 5.71. The van der Waals surface area contributed by atoms with Crippen LogP contribution in [0.4, 0.5) is 0 Å². The largest absolute Gasteiger partial charge is 0.741 e. The van der Waals surface area contributed by atoms with E-state index in [1.165, 1.54) is 25.7 Å². The van der Waals surface area contributed by atoms with E-state index in [1.54, 1.807) is 12.4 Å². The quantitative estimate of drug-likeness (QED) is 0.260. The summed E-state index contributed by atoms with van der Waals surface area (Å²) in [5.41, 5.74) is 0.801. The number of amidine groups is 1. The molecule has 1 aliphatic carbocycles. The molecule has 7 heteroatoms. The van der Waals surface area contributed by atoms with E-state index in [9.17, 15) is 0 Å². The van der Waals surface area contributed by atoms with Crippen LogP contribution in [0.1, 0.15) is 31.4 Å². The molecule has 22 heavy (non-hydrogen) atoms. The van der Waals surface area contributed by atoms with Crippen molar-refractivity contribution in [3.63, 3.8) is 0 Å². The molecule has 0 unspecified atom stereocenters. The molecule has 1 aromatic rings. The van der Waals surface area contributed by atoms with E-state index < -0.39 is 0 Å². The van der Waals surface area contributed by atoms with Gasteiger partial charge >= 0.3 is 24.8 Å². The van der Waals surface area contributed by atoms with E-state index in [0.29, 0.717) is 5.17 Å². The van der Waals surface area contributed by atoms with E-state index in [1.807, 2.05) is 18.2 Å². The van der Waals surface area contributed by atoms with Crippen LogP contribution < -0.4 is 0 Å². The van der Waals surface area contributed by atoms with Gasteiger partial charge in [0.15, 0.2) is 0 Å². The van der Waals surface area contributed by atoms with E-state index in [-0.39, 0.29) is 0 Å². The SMILES string of the molecule is [Cl][Ni].[S-]/C(=N\N=C\c1ccccn1)N1CC2CCC(CC2)C1. The molecular weight excluding hydrogens is 362 g/mol. The number of hydrogen-bond acceptors (Lipinski definition) is 4. The fraction of sp³-hybridized carbons (Fsp3) is 0.533. The van der Waals surface area contributed by atoms with Gasteiger partial charge in [-0.1, -0.05) is 6.07 Å². The summed E-state index contributed by atoms with van der Waals surface area (Å²) in [5, 5.41) is 8.86. The summed E-state index contributed by atoms with van der Waals surface area (Å²) in [5.74, 6) is 1.59. The van der Waals surface area contributed by atoms with Gasteiger partial charge in [-0.2, -0.15) is 10.2 Å². The Morgan fingerprint density at radius 2 is 1.86 bits per heavy atom. The first-order valence-electron chi connectivity index (χ1n) is 7.37. The summed E-state index contributed by atoms with van der Waals surface area (Å²) in [6.07, 6.45) is 8.79. The van der Waals surface area contributed by atoms with Crippen molar-refractivity contribution in [3.05, 3.63) is 30.1 Å². The molecule has 3 aliphatic rings. The Labute approximate surface area is 149 Å². The molecule has 2 saturated heterocycles. The molecule has 0 spiro atoms. The van der Waals surface area contributed by atoms with Crippen LogP contribution in [0.5, 0.6) is 0 Å². The summed E-state index contributed by atoms with van der Waals surface area (Å²) in [7, 11) is 4.26. The van der Waals surface area contributed by atoms with Crippen molar-refractivity contribution in [3.8, 4) is 0 Å². The number of nitrogens with zero attached hydrogens (tertiary/aromatic N) is 4. The Kier molecular flexibility index (Phi) is 7.57. The average molecular weight is 382 g/mol. The molecule has 0 atom stereocenters. The molecule has 4 nitrogen and oxygen atoms in total. The van der Waals surface area contributed by atoms with Gasteiger partial charge in [0.25, 0.3) is 0 Å². The summed E-state index contributed by atoms with van der Waals surface area (Å²) >= 11 is 8.76. The number of fused-ring (bicyclic) bond motifs is 4. The summed E-state index contributed by atoms with van der Waals surface area (Å²) < 4.78 is 0. The first kappa shape index (κ1) is 17.6. The predicted octanol–water partition coefficient (Wildman–Crippen LogP) is 3.13. The zero-order chi connectivity index (χ0) is 15.8. The second-order valence-electron chi connectivity index (χ2n) is 5.67. The topological polar surface area (TPSA) is 40.9 Å². The number of halogens is 1. The van der Waals surface area contributed by atoms with E-state index in [0.717, 1.165) is 30.6 Å². The van der Waals surface area contributed by atoms with Crippen LogP contribution >= 0.6 is 10.2 Å². The van der Waals surface area contributed by atoms with E-state index >= 15 is 0 Å². The molecule has 0 aromatic carbocycles. The third kappa shape index (κ3) is 5.18. The molecule has 0 N–H and O–H groups in total. The van der Waals surface area contributed by atoms with Gasteiger partial charge in [0.1, 0.15) is 0 Å². The van der Waals surface area contributed by atoms with Crippen LogP contribution in [0.3, 0.4) is 0 Å². The average Bonchev–Trinajstić information content (AvgIpc) is 2.91. The Bertz CT molecular complexity index is 490. The minimum atomic E-state index is 0.621. The molecule has 0 amide bonds. The molecule has 1 aromatic heterocycles. The first-order valence-corrected chi connectivity index (χ1v) is 9.14. The van der Waals surface area contributed by atoms with Crippen LogP contribution in [-0.2, 0) is 27.2 Å². The second-order valence-corrected chi connectivity index (χ2v) is 6.04. The van der Waals surface area contributed by atoms with Crippen molar-refractivity contribution in [2.45, 2.75) is 25.7 Å². The maximum absolute atomic E-state index is 5.41. The molecule has 0 radical (unpaired) electrons. The third-order valence-electron chi connectivity index (χ3n) is 4.22. The number of pyridine rings is 1. The van der Waals surface area contributed by atoms with Gasteiger partial charge in [-0.25, -0.2) is 0 Å². The molecule has 3 fully saturated rings. The number of hydrogen-bond donors (Lipinski definition) is 0. The fourth-order valence-corrected chi connectivity index (χ4v) is 3.30. The van der Waals surface area contributed by atoms with Crippen molar-refractivity contribution in [1.29, 1.82) is 0 Å². The molecule has 1 saturated carbocycles. The smallest absolute Gasteiger partial charge is 0.0831 e. The van der Waals surface area contributed by atoms with Gasteiger partial charge in [0.2, 0.25) is 0 Å². The predicted molar refractivity (Wildman–Crippen MR) is 89.5 cm³/mol. The third-order valence-corrected chi connectivity index (χ3v) is 4.55. The van der Waals surface area contributed by atoms with E-state index in [2.05, 4.69) is 44.9 Å². The maximum atomic E-state index is 5.41. The Morgan fingerprint density at radius 1 is 1.23 bits per heavy atom. The normalized spacial score (nSPS) is 24.9. The molecule has 4 rings (SSSR count). The fourth-order valence-electron chi connectivity index (χ4n) is 3.10. The van der Waals surface area contributed by atoms with Crippen LogP contribution in [0.2, 0.25) is 0 Å². The van der Waals surface area contributed by atoms with Crippen LogP contribution in [0.25, 0.3) is 0 Å². The maximum Gasteiger partial charge on any atom is 0.0831 e. The van der Waals surface area contributed by atoms with Gasteiger partial charge in [0.05, 0.1) is 11.9 Å². The number of aromatic nitrogens is 1. The second kappa shape index (κ2) is 9.44. The van der Waals surface area contributed by atoms with Gasteiger partial charge < -0.3 is 17.5 Å². The standard InChI is InChI=1S/C15H20N4S.ClH.Ni/c20-15(18-17-9-14-3-1-2-8-16-14)19-10-12-4-5-13(11-19)7-6-12;;/h1-3,8-9,12-13H,4-7,10-11H2,(H,18,20);1H;/q;;+1/p-2/b17-9+;;. The van der Waals surface area contributed by atoms with Gasteiger partial charge in [-0.05, 0) is 49.7 Å². The summed E-state index contributed by atoms with van der Waals surface area (Å²) in [4.78, 5) is 6.41. The van der Waals surface area contributed by atoms with Crippen molar-refractivity contribution in [1.82, 2.24) is 9.88 Å². The molecule has 123 valence electrons. The minimum absolute atomic E-state index is 0.621. The van der Waals surface area contributed by atoms with Gasteiger partial charge in [-0.3, -0.25) is 4.98 Å². The van der Waals surface area contributed by atoms with Crippen LogP contribution in [0, 0.1) is 11.8 Å². The Hall–Kier alpha value is -0.706. The Morgan fingerprint density at radius 3 is 2.41 bits per heavy atom. The minimum Gasteiger partial charge on any atom is -0.741 e. The van der Waals surface area contributed by atoms with Crippen molar-refractivity contribution < 1.29 is 14.6 Å². The molecular formula is C15H19ClN4NiS-. The zero-order valence-electron chi connectivity index (χ0n) is 12.2. The van der Waals surface area contributed by atoms with Gasteiger partial charge in [0, 0.05) is 24.5 Å². The summed E-state index contributed by atoms with van der Waals surface area (Å²) in [6.45, 7) is 2.11. The van der Waals surface area contributed by atoms with Crippen molar-refractivity contribution >= 4 is 34.2 Å².